The van der Waals surface area contributed by atoms with Gasteiger partial charge in [0.1, 0.15) is 12.7 Å². The third kappa shape index (κ3) is 2.08. The number of hydrogen-bond donors (Lipinski definition) is 0. The minimum absolute atomic E-state index is 0.653. The SMILES string of the molecule is CC1CCCC(n2cnnc2)CC1. The van der Waals surface area contributed by atoms with Crippen molar-refractivity contribution in [3.05, 3.63) is 12.7 Å². The van der Waals surface area contributed by atoms with Gasteiger partial charge in [0.05, 0.1) is 0 Å². The average Bonchev–Trinajstić information content (AvgIpc) is 2.56. The van der Waals surface area contributed by atoms with Crippen LogP contribution in [0, 0.1) is 5.92 Å². The maximum atomic E-state index is 3.86. The van der Waals surface area contributed by atoms with Gasteiger partial charge >= 0.3 is 0 Å². The Hall–Kier alpha value is -0.860. The lowest BCUT2D eigenvalue weighted by Gasteiger charge is -2.14. The van der Waals surface area contributed by atoms with E-state index in [0.29, 0.717) is 6.04 Å². The molecule has 3 heteroatoms. The first-order valence-corrected chi connectivity index (χ1v) is 5.20. The molecular formula is C10H17N3. The lowest BCUT2D eigenvalue weighted by molar-refractivity contribution is 0.431. The highest BCUT2D eigenvalue weighted by molar-refractivity contribution is 4.76. The first kappa shape index (κ1) is 8.73. The van der Waals surface area contributed by atoms with Crippen molar-refractivity contribution in [1.82, 2.24) is 14.8 Å². The van der Waals surface area contributed by atoms with Crippen LogP contribution in [0.15, 0.2) is 12.7 Å². The van der Waals surface area contributed by atoms with Crippen LogP contribution in [0.25, 0.3) is 0 Å². The molecule has 1 aromatic heterocycles. The highest BCUT2D eigenvalue weighted by Gasteiger charge is 2.16. The Bertz CT molecular complexity index is 243. The molecule has 2 rings (SSSR count). The van der Waals surface area contributed by atoms with Crippen molar-refractivity contribution in [3.63, 3.8) is 0 Å². The van der Waals surface area contributed by atoms with E-state index in [9.17, 15) is 0 Å². The van der Waals surface area contributed by atoms with E-state index in [1.165, 1.54) is 32.1 Å². The van der Waals surface area contributed by atoms with Gasteiger partial charge in [-0.3, -0.25) is 0 Å². The predicted molar refractivity (Wildman–Crippen MR) is 51.3 cm³/mol. The molecule has 2 atom stereocenters. The monoisotopic (exact) mass is 179 g/mol. The smallest absolute Gasteiger partial charge is 0.119 e. The van der Waals surface area contributed by atoms with Crippen molar-refractivity contribution in [1.29, 1.82) is 0 Å². The van der Waals surface area contributed by atoms with Gasteiger partial charge in [-0.05, 0) is 25.2 Å². The molecule has 2 unspecified atom stereocenters. The zero-order valence-corrected chi connectivity index (χ0v) is 8.19. The summed E-state index contributed by atoms with van der Waals surface area (Å²) in [6, 6.07) is 0.653. The Labute approximate surface area is 79.2 Å². The number of nitrogens with zero attached hydrogens (tertiary/aromatic N) is 3. The molecule has 0 aromatic carbocycles. The van der Waals surface area contributed by atoms with Crippen LogP contribution in [0.1, 0.15) is 45.1 Å². The molecular weight excluding hydrogens is 162 g/mol. The van der Waals surface area contributed by atoms with Crippen LogP contribution in [0.3, 0.4) is 0 Å². The summed E-state index contributed by atoms with van der Waals surface area (Å²) >= 11 is 0. The first-order valence-electron chi connectivity index (χ1n) is 5.20. The van der Waals surface area contributed by atoms with E-state index < -0.39 is 0 Å². The molecule has 0 saturated heterocycles. The molecule has 72 valence electrons. The molecule has 1 aliphatic carbocycles. The maximum absolute atomic E-state index is 3.86. The fourth-order valence-corrected chi connectivity index (χ4v) is 2.16. The predicted octanol–water partition coefficient (Wildman–Crippen LogP) is 2.42. The third-order valence-corrected chi connectivity index (χ3v) is 3.09. The zero-order chi connectivity index (χ0) is 9.10. The second-order valence-corrected chi connectivity index (χ2v) is 4.18. The summed E-state index contributed by atoms with van der Waals surface area (Å²) in [6.07, 6.45) is 10.4. The van der Waals surface area contributed by atoms with Crippen LogP contribution in [0.2, 0.25) is 0 Å². The number of aromatic nitrogens is 3. The van der Waals surface area contributed by atoms with Gasteiger partial charge in [-0.2, -0.15) is 0 Å². The summed E-state index contributed by atoms with van der Waals surface area (Å²) in [7, 11) is 0. The van der Waals surface area contributed by atoms with Crippen molar-refractivity contribution < 1.29 is 0 Å². The van der Waals surface area contributed by atoms with E-state index in [1.807, 2.05) is 12.7 Å². The molecule has 1 saturated carbocycles. The van der Waals surface area contributed by atoms with E-state index in [1.54, 1.807) is 0 Å². The Morgan fingerprint density at radius 3 is 2.62 bits per heavy atom. The van der Waals surface area contributed by atoms with Gasteiger partial charge < -0.3 is 4.57 Å². The van der Waals surface area contributed by atoms with Crippen LogP contribution in [-0.2, 0) is 0 Å². The number of rotatable bonds is 1. The minimum atomic E-state index is 0.653. The summed E-state index contributed by atoms with van der Waals surface area (Å²) in [5, 5.41) is 7.72. The lowest BCUT2D eigenvalue weighted by Crippen LogP contribution is -2.05. The van der Waals surface area contributed by atoms with Crippen molar-refractivity contribution in [2.75, 3.05) is 0 Å². The highest BCUT2D eigenvalue weighted by atomic mass is 15.2. The van der Waals surface area contributed by atoms with E-state index in [0.717, 1.165) is 5.92 Å². The molecule has 1 aliphatic rings. The first-order chi connectivity index (χ1) is 6.36. The molecule has 13 heavy (non-hydrogen) atoms. The molecule has 0 N–H and O–H groups in total. The molecule has 3 nitrogen and oxygen atoms in total. The van der Waals surface area contributed by atoms with E-state index in [2.05, 4.69) is 21.7 Å². The van der Waals surface area contributed by atoms with Crippen LogP contribution in [0.4, 0.5) is 0 Å². The Balaban J connectivity index is 2.00. The topological polar surface area (TPSA) is 30.7 Å². The summed E-state index contributed by atoms with van der Waals surface area (Å²) in [6.45, 7) is 2.36. The van der Waals surface area contributed by atoms with Gasteiger partial charge in [-0.15, -0.1) is 10.2 Å². The van der Waals surface area contributed by atoms with Gasteiger partial charge in [-0.1, -0.05) is 19.8 Å². The van der Waals surface area contributed by atoms with Crippen molar-refractivity contribution in [3.8, 4) is 0 Å². The summed E-state index contributed by atoms with van der Waals surface area (Å²) < 4.78 is 2.16. The average molecular weight is 179 g/mol. The maximum Gasteiger partial charge on any atom is 0.119 e. The molecule has 1 heterocycles. The van der Waals surface area contributed by atoms with Gasteiger partial charge in [0.15, 0.2) is 0 Å². The number of hydrogen-bond acceptors (Lipinski definition) is 2. The summed E-state index contributed by atoms with van der Waals surface area (Å²) in [4.78, 5) is 0. The molecule has 0 bridgehead atoms. The Morgan fingerprint density at radius 1 is 1.08 bits per heavy atom. The second kappa shape index (κ2) is 3.90. The standard InChI is InChI=1S/C10H17N3/c1-9-3-2-4-10(6-5-9)13-7-11-12-8-13/h7-10H,2-6H2,1H3. The van der Waals surface area contributed by atoms with Gasteiger partial charge in [-0.25, -0.2) is 0 Å². The Morgan fingerprint density at radius 2 is 1.85 bits per heavy atom. The fourth-order valence-electron chi connectivity index (χ4n) is 2.16. The normalized spacial score (nSPS) is 29.9. The minimum Gasteiger partial charge on any atom is -0.317 e. The van der Waals surface area contributed by atoms with Crippen LogP contribution >= 0.6 is 0 Å². The molecule has 0 aliphatic heterocycles. The van der Waals surface area contributed by atoms with Crippen molar-refractivity contribution >= 4 is 0 Å². The molecule has 1 aromatic rings. The molecule has 0 radical (unpaired) electrons. The van der Waals surface area contributed by atoms with Crippen molar-refractivity contribution in [2.45, 2.75) is 45.1 Å². The highest BCUT2D eigenvalue weighted by Crippen LogP contribution is 2.29. The second-order valence-electron chi connectivity index (χ2n) is 4.18. The van der Waals surface area contributed by atoms with E-state index in [4.69, 9.17) is 0 Å². The van der Waals surface area contributed by atoms with Crippen molar-refractivity contribution in [2.24, 2.45) is 5.92 Å². The van der Waals surface area contributed by atoms with Crippen LogP contribution in [0.5, 0.6) is 0 Å². The largest absolute Gasteiger partial charge is 0.317 e. The van der Waals surface area contributed by atoms with E-state index >= 15 is 0 Å². The zero-order valence-electron chi connectivity index (χ0n) is 8.19. The van der Waals surface area contributed by atoms with Gasteiger partial charge in [0.25, 0.3) is 0 Å². The van der Waals surface area contributed by atoms with Gasteiger partial charge in [0, 0.05) is 6.04 Å². The van der Waals surface area contributed by atoms with Gasteiger partial charge in [0.2, 0.25) is 0 Å². The summed E-state index contributed by atoms with van der Waals surface area (Å²) in [5.41, 5.74) is 0. The van der Waals surface area contributed by atoms with E-state index in [-0.39, 0.29) is 0 Å². The molecule has 1 fully saturated rings. The third-order valence-electron chi connectivity index (χ3n) is 3.09. The molecule has 0 amide bonds. The Kier molecular flexibility index (Phi) is 2.62. The van der Waals surface area contributed by atoms with Crippen LogP contribution < -0.4 is 0 Å². The van der Waals surface area contributed by atoms with Crippen LogP contribution in [-0.4, -0.2) is 14.8 Å². The summed E-state index contributed by atoms with van der Waals surface area (Å²) in [5.74, 6) is 0.904. The lowest BCUT2D eigenvalue weighted by atomic mass is 10.0. The molecule has 0 spiro atoms. The fraction of sp³-hybridized carbons (Fsp3) is 0.800. The quantitative estimate of drug-likeness (QED) is 0.620.